The van der Waals surface area contributed by atoms with Gasteiger partial charge in [-0.05, 0) is 86.3 Å². The summed E-state index contributed by atoms with van der Waals surface area (Å²) >= 11 is 1.33. The number of aryl methyl sites for hydroxylation is 1. The van der Waals surface area contributed by atoms with Gasteiger partial charge in [0, 0.05) is 5.56 Å². The van der Waals surface area contributed by atoms with Crippen LogP contribution in [0.15, 0.2) is 66.2 Å². The molecular formula is C34H36N2O6S. The molecule has 4 aromatic rings. The number of benzene rings is 3. The number of rotatable bonds is 12. The first-order chi connectivity index (χ1) is 20.9. The van der Waals surface area contributed by atoms with E-state index < -0.39 is 17.7 Å². The Balaban J connectivity index is 1.65. The average Bonchev–Trinajstić information content (AvgIpc) is 3.54. The van der Waals surface area contributed by atoms with Gasteiger partial charge >= 0.3 is 5.91 Å². The van der Waals surface area contributed by atoms with E-state index in [1.165, 1.54) is 16.2 Å². The minimum atomic E-state index is -0.943. The zero-order valence-electron chi connectivity index (χ0n) is 24.9. The number of nitrogens with zero attached hydrogens (tertiary/aromatic N) is 2. The fraction of sp³-hybridized carbons (Fsp3) is 0.324. The summed E-state index contributed by atoms with van der Waals surface area (Å²) in [6, 6.07) is 17.1. The lowest BCUT2D eigenvalue weighted by molar-refractivity contribution is -0.132. The van der Waals surface area contributed by atoms with Crippen molar-refractivity contribution < 1.29 is 28.9 Å². The molecule has 43 heavy (non-hydrogen) atoms. The number of aromatic nitrogens is 1. The number of Topliss-reactive ketones (excluding diaryl/α,β-unsaturated/α-hetero) is 1. The molecule has 9 heteroatoms. The topological polar surface area (TPSA) is 98.2 Å². The molecule has 0 saturated carbocycles. The summed E-state index contributed by atoms with van der Waals surface area (Å²) in [4.78, 5) is 33.5. The number of unbranched alkanes of at least 4 members (excludes halogenated alkanes) is 1. The highest BCUT2D eigenvalue weighted by Crippen LogP contribution is 2.46. The summed E-state index contributed by atoms with van der Waals surface area (Å²) in [5.74, 6) is -0.0867. The van der Waals surface area contributed by atoms with Crippen LogP contribution in [0.1, 0.15) is 62.8 Å². The third-order valence-electron chi connectivity index (χ3n) is 7.12. The van der Waals surface area contributed by atoms with Crippen LogP contribution in [0.3, 0.4) is 0 Å². The Labute approximate surface area is 255 Å². The molecular weight excluding hydrogens is 564 g/mol. The maximum atomic E-state index is 13.7. The molecule has 1 aromatic heterocycles. The normalized spacial score (nSPS) is 16.2. The summed E-state index contributed by atoms with van der Waals surface area (Å²) in [5.41, 5.74) is 2.75. The molecule has 0 spiro atoms. The number of aliphatic hydroxyl groups excluding tert-OH is 1. The maximum absolute atomic E-state index is 13.7. The van der Waals surface area contributed by atoms with Crippen molar-refractivity contribution in [3.8, 4) is 17.2 Å². The van der Waals surface area contributed by atoms with Gasteiger partial charge < -0.3 is 19.3 Å². The van der Waals surface area contributed by atoms with E-state index in [2.05, 4.69) is 6.92 Å². The smallest absolute Gasteiger partial charge is 0.301 e. The number of carbonyl (C=O) groups is 2. The second-order valence-corrected chi connectivity index (χ2v) is 11.4. The van der Waals surface area contributed by atoms with Gasteiger partial charge in [0.2, 0.25) is 0 Å². The van der Waals surface area contributed by atoms with E-state index in [4.69, 9.17) is 19.2 Å². The van der Waals surface area contributed by atoms with Gasteiger partial charge in [0.15, 0.2) is 16.6 Å². The Hall–Kier alpha value is -4.37. The Bertz CT molecular complexity index is 1660. The minimum Gasteiger partial charge on any atom is -0.507 e. The Morgan fingerprint density at radius 1 is 0.907 bits per heavy atom. The van der Waals surface area contributed by atoms with Crippen LogP contribution in [0.5, 0.6) is 17.2 Å². The lowest BCUT2D eigenvalue weighted by Gasteiger charge is -2.24. The Morgan fingerprint density at radius 3 is 2.42 bits per heavy atom. The van der Waals surface area contributed by atoms with Crippen molar-refractivity contribution >= 4 is 44.1 Å². The highest BCUT2D eigenvalue weighted by Gasteiger charge is 2.48. The number of ketones is 1. The van der Waals surface area contributed by atoms with Gasteiger partial charge in [0.05, 0.1) is 41.7 Å². The van der Waals surface area contributed by atoms with Gasteiger partial charge in [-0.2, -0.15) is 0 Å². The quantitative estimate of drug-likeness (QED) is 0.0774. The van der Waals surface area contributed by atoms with Crippen molar-refractivity contribution in [2.75, 3.05) is 24.7 Å². The van der Waals surface area contributed by atoms with Crippen molar-refractivity contribution in [3.05, 3.63) is 82.9 Å². The Kier molecular flexibility index (Phi) is 9.31. The van der Waals surface area contributed by atoms with E-state index in [0.29, 0.717) is 53.3 Å². The number of hydrogen-bond donors (Lipinski definition) is 1. The fourth-order valence-corrected chi connectivity index (χ4v) is 6.05. The summed E-state index contributed by atoms with van der Waals surface area (Å²) in [7, 11) is 0. The number of carbonyl (C=O) groups excluding carboxylic acids is 2. The summed E-state index contributed by atoms with van der Waals surface area (Å²) < 4.78 is 18.5. The summed E-state index contributed by atoms with van der Waals surface area (Å²) in [6.07, 6.45) is 2.75. The van der Waals surface area contributed by atoms with Gasteiger partial charge in [-0.1, -0.05) is 43.7 Å². The molecule has 1 aliphatic heterocycles. The first-order valence-electron chi connectivity index (χ1n) is 14.7. The van der Waals surface area contributed by atoms with Crippen molar-refractivity contribution in [1.82, 2.24) is 4.98 Å². The lowest BCUT2D eigenvalue weighted by atomic mass is 9.95. The van der Waals surface area contributed by atoms with Crippen LogP contribution >= 0.6 is 11.3 Å². The standard InChI is InChI=1S/C34H36N2O6S/c1-5-8-18-42-26-16-12-23(20-27(26)40-7-3)30-29(31(37)22-10-13-24(14-11-22)41-17-6-2)32(38)33(39)36(30)34-35-25-15-9-21(4)19-28(25)43-34/h9-16,19-20,30,37H,5-8,17-18H2,1-4H3/b31-29+. The number of aliphatic hydroxyl groups is 1. The van der Waals surface area contributed by atoms with Crippen LogP contribution in [0.2, 0.25) is 0 Å². The van der Waals surface area contributed by atoms with Gasteiger partial charge in [-0.15, -0.1) is 0 Å². The number of fused-ring (bicyclic) bond motifs is 1. The summed E-state index contributed by atoms with van der Waals surface area (Å²) in [6.45, 7) is 9.49. The third kappa shape index (κ3) is 6.22. The number of hydrogen-bond acceptors (Lipinski definition) is 8. The highest BCUT2D eigenvalue weighted by atomic mass is 32.1. The molecule has 224 valence electrons. The Morgan fingerprint density at radius 2 is 1.70 bits per heavy atom. The molecule has 1 atom stereocenters. The van der Waals surface area contributed by atoms with Gasteiger partial charge in [0.1, 0.15) is 11.5 Å². The molecule has 5 rings (SSSR count). The second-order valence-electron chi connectivity index (χ2n) is 10.4. The number of anilines is 1. The molecule has 1 amide bonds. The molecule has 1 saturated heterocycles. The highest BCUT2D eigenvalue weighted by molar-refractivity contribution is 7.22. The molecule has 1 fully saturated rings. The molecule has 0 bridgehead atoms. The van der Waals surface area contributed by atoms with Crippen LogP contribution in [-0.4, -0.2) is 41.6 Å². The fourth-order valence-electron chi connectivity index (χ4n) is 4.96. The molecule has 8 nitrogen and oxygen atoms in total. The minimum absolute atomic E-state index is 0.0234. The largest absolute Gasteiger partial charge is 0.507 e. The monoisotopic (exact) mass is 600 g/mol. The lowest BCUT2D eigenvalue weighted by Crippen LogP contribution is -2.29. The van der Waals surface area contributed by atoms with Crippen LogP contribution in [-0.2, 0) is 9.59 Å². The van der Waals surface area contributed by atoms with Gasteiger partial charge in [-0.25, -0.2) is 4.98 Å². The van der Waals surface area contributed by atoms with Gasteiger partial charge in [0.25, 0.3) is 5.78 Å². The van der Waals surface area contributed by atoms with E-state index in [1.807, 2.05) is 39.0 Å². The number of thiazole rings is 1. The predicted octanol–water partition coefficient (Wildman–Crippen LogP) is 7.60. The third-order valence-corrected chi connectivity index (χ3v) is 8.14. The second kappa shape index (κ2) is 13.3. The molecule has 2 heterocycles. The summed E-state index contributed by atoms with van der Waals surface area (Å²) in [5, 5.41) is 12.0. The van der Waals surface area contributed by atoms with E-state index >= 15 is 0 Å². The molecule has 0 aliphatic carbocycles. The first-order valence-corrected chi connectivity index (χ1v) is 15.5. The molecule has 0 radical (unpaired) electrons. The van der Waals surface area contributed by atoms with Crippen LogP contribution in [0.25, 0.3) is 16.0 Å². The van der Waals surface area contributed by atoms with Crippen molar-refractivity contribution in [2.24, 2.45) is 0 Å². The van der Waals surface area contributed by atoms with E-state index in [-0.39, 0.29) is 11.3 Å². The SMILES string of the molecule is CCCCOc1ccc(C2/C(=C(\O)c3ccc(OCCC)cc3)C(=O)C(=O)N2c2nc3ccc(C)cc3s2)cc1OCC. The van der Waals surface area contributed by atoms with Crippen LogP contribution < -0.4 is 19.1 Å². The van der Waals surface area contributed by atoms with E-state index in [1.54, 1.807) is 42.5 Å². The van der Waals surface area contributed by atoms with Crippen molar-refractivity contribution in [1.29, 1.82) is 0 Å². The van der Waals surface area contributed by atoms with Crippen molar-refractivity contribution in [3.63, 3.8) is 0 Å². The first kappa shape index (κ1) is 30.1. The molecule has 1 N–H and O–H groups in total. The van der Waals surface area contributed by atoms with Crippen molar-refractivity contribution in [2.45, 2.75) is 53.0 Å². The maximum Gasteiger partial charge on any atom is 0.301 e. The number of amides is 1. The van der Waals surface area contributed by atoms with E-state index in [9.17, 15) is 14.7 Å². The zero-order valence-corrected chi connectivity index (χ0v) is 25.7. The predicted molar refractivity (Wildman–Crippen MR) is 169 cm³/mol. The zero-order chi connectivity index (χ0) is 30.5. The number of ether oxygens (including phenoxy) is 3. The van der Waals surface area contributed by atoms with Crippen LogP contribution in [0.4, 0.5) is 5.13 Å². The molecule has 3 aromatic carbocycles. The average molecular weight is 601 g/mol. The van der Waals surface area contributed by atoms with E-state index in [0.717, 1.165) is 35.0 Å². The van der Waals surface area contributed by atoms with Gasteiger partial charge in [-0.3, -0.25) is 14.5 Å². The molecule has 1 aliphatic rings. The van der Waals surface area contributed by atoms with Crippen LogP contribution in [0, 0.1) is 6.92 Å². The molecule has 1 unspecified atom stereocenters.